The first-order valence-electron chi connectivity index (χ1n) is 8.63. The van der Waals surface area contributed by atoms with Crippen LogP contribution in [0.4, 0.5) is 17.5 Å². The minimum atomic E-state index is 0.423. The van der Waals surface area contributed by atoms with Crippen LogP contribution < -0.4 is 10.6 Å². The van der Waals surface area contributed by atoms with Gasteiger partial charge < -0.3 is 10.6 Å². The summed E-state index contributed by atoms with van der Waals surface area (Å²) >= 11 is 6.33. The lowest BCUT2D eigenvalue weighted by molar-refractivity contribution is 0.853. The topological polar surface area (TPSA) is 62.7 Å². The molecule has 0 saturated heterocycles. The summed E-state index contributed by atoms with van der Waals surface area (Å²) in [5, 5.41) is 15.2. The molecule has 3 rings (SSSR count). The van der Waals surface area contributed by atoms with Crippen LogP contribution in [0.2, 0.25) is 5.02 Å². The molecule has 0 amide bonds. The average Bonchev–Trinajstić information content (AvgIpc) is 2.63. The zero-order valence-electron chi connectivity index (χ0n) is 15.0. The summed E-state index contributed by atoms with van der Waals surface area (Å²) in [5.74, 6) is 1.11. The van der Waals surface area contributed by atoms with E-state index >= 15 is 0 Å². The first kappa shape index (κ1) is 18.1. The molecule has 0 unspecified atom stereocenters. The lowest BCUT2D eigenvalue weighted by atomic mass is 10.1. The molecule has 0 aliphatic carbocycles. The van der Waals surface area contributed by atoms with Crippen LogP contribution in [0, 0.1) is 13.8 Å². The zero-order valence-corrected chi connectivity index (χ0v) is 15.7. The molecule has 5 nitrogen and oxygen atoms in total. The summed E-state index contributed by atoms with van der Waals surface area (Å²) in [6, 6.07) is 14.4. The van der Waals surface area contributed by atoms with E-state index in [9.17, 15) is 0 Å². The molecule has 0 atom stereocenters. The van der Waals surface area contributed by atoms with Crippen molar-refractivity contribution < 1.29 is 0 Å². The predicted octanol–water partition coefficient (Wildman–Crippen LogP) is 4.93. The summed E-state index contributed by atoms with van der Waals surface area (Å²) in [7, 11) is 0. The van der Waals surface area contributed by atoms with Crippen LogP contribution >= 0.6 is 11.6 Å². The fraction of sp³-hybridized carbons (Fsp3) is 0.250. The first-order valence-corrected chi connectivity index (χ1v) is 9.01. The van der Waals surface area contributed by atoms with Gasteiger partial charge in [-0.15, -0.1) is 5.10 Å². The highest BCUT2D eigenvalue weighted by atomic mass is 35.5. The third-order valence-corrected chi connectivity index (χ3v) is 4.32. The van der Waals surface area contributed by atoms with E-state index in [1.165, 1.54) is 5.56 Å². The molecule has 1 aromatic heterocycles. The fourth-order valence-corrected chi connectivity index (χ4v) is 3.15. The fourth-order valence-electron chi connectivity index (χ4n) is 2.78. The van der Waals surface area contributed by atoms with Crippen LogP contribution in [0.25, 0.3) is 0 Å². The minimum absolute atomic E-state index is 0.423. The Morgan fingerprint density at radius 2 is 1.88 bits per heavy atom. The minimum Gasteiger partial charge on any atom is -0.369 e. The maximum atomic E-state index is 6.33. The molecule has 0 aliphatic rings. The van der Waals surface area contributed by atoms with Crippen molar-refractivity contribution >= 4 is 29.1 Å². The second-order valence-electron chi connectivity index (χ2n) is 6.24. The standard InChI is InChI=1S/C20H22ClN5/c1-14-11-15(2)19(17(21)12-14)25-20-24-18(13-23-26-20)22-10-6-9-16-7-4-3-5-8-16/h3-5,7-8,11-13H,6,9-10H2,1-2H3,(H2,22,24,25,26). The predicted molar refractivity (Wildman–Crippen MR) is 107 cm³/mol. The van der Waals surface area contributed by atoms with E-state index in [0.717, 1.165) is 36.2 Å². The van der Waals surface area contributed by atoms with Crippen molar-refractivity contribution in [3.63, 3.8) is 0 Å². The largest absolute Gasteiger partial charge is 0.369 e. The lowest BCUT2D eigenvalue weighted by Crippen LogP contribution is -2.08. The average molecular weight is 368 g/mol. The lowest BCUT2D eigenvalue weighted by Gasteiger charge is -2.12. The molecule has 1 heterocycles. The first-order chi connectivity index (χ1) is 12.6. The van der Waals surface area contributed by atoms with Crippen molar-refractivity contribution in [2.75, 3.05) is 17.2 Å². The number of aryl methyl sites for hydroxylation is 3. The number of aromatic nitrogens is 3. The normalized spacial score (nSPS) is 10.6. The highest BCUT2D eigenvalue weighted by Gasteiger charge is 2.08. The number of halogens is 1. The molecule has 0 radical (unpaired) electrons. The van der Waals surface area contributed by atoms with Gasteiger partial charge in [-0.25, -0.2) is 0 Å². The van der Waals surface area contributed by atoms with Crippen LogP contribution in [0.3, 0.4) is 0 Å². The van der Waals surface area contributed by atoms with E-state index in [1.807, 2.05) is 26.0 Å². The maximum absolute atomic E-state index is 6.33. The van der Waals surface area contributed by atoms with Crippen LogP contribution in [0.1, 0.15) is 23.1 Å². The molecule has 0 aliphatic heterocycles. The molecule has 0 spiro atoms. The van der Waals surface area contributed by atoms with Crippen LogP contribution in [-0.2, 0) is 6.42 Å². The van der Waals surface area contributed by atoms with Crippen molar-refractivity contribution in [2.24, 2.45) is 0 Å². The Kier molecular flexibility index (Phi) is 6.02. The summed E-state index contributed by atoms with van der Waals surface area (Å²) < 4.78 is 0. The zero-order chi connectivity index (χ0) is 18.4. The van der Waals surface area contributed by atoms with Crippen molar-refractivity contribution in [3.8, 4) is 0 Å². The molecule has 26 heavy (non-hydrogen) atoms. The number of hydrogen-bond acceptors (Lipinski definition) is 5. The van der Waals surface area contributed by atoms with Gasteiger partial charge >= 0.3 is 0 Å². The molecule has 3 aromatic rings. The SMILES string of the molecule is Cc1cc(C)c(Nc2nncc(NCCCc3ccccc3)n2)c(Cl)c1. The van der Waals surface area contributed by atoms with Crippen molar-refractivity contribution in [1.82, 2.24) is 15.2 Å². The van der Waals surface area contributed by atoms with Crippen molar-refractivity contribution in [3.05, 3.63) is 70.4 Å². The van der Waals surface area contributed by atoms with Gasteiger partial charge in [-0.2, -0.15) is 10.1 Å². The van der Waals surface area contributed by atoms with Crippen LogP contribution in [0.5, 0.6) is 0 Å². The molecule has 0 fully saturated rings. The molecule has 0 saturated carbocycles. The van der Waals surface area contributed by atoms with E-state index < -0.39 is 0 Å². The Hall–Kier alpha value is -2.66. The Morgan fingerprint density at radius 1 is 1.08 bits per heavy atom. The second-order valence-corrected chi connectivity index (χ2v) is 6.65. The molecule has 134 valence electrons. The summed E-state index contributed by atoms with van der Waals surface area (Å²) in [6.07, 6.45) is 3.66. The number of nitrogens with one attached hydrogen (secondary N) is 2. The Balaban J connectivity index is 1.58. The number of hydrogen-bond donors (Lipinski definition) is 2. The quantitative estimate of drug-likeness (QED) is 0.580. The molecular weight excluding hydrogens is 346 g/mol. The summed E-state index contributed by atoms with van der Waals surface area (Å²) in [5.41, 5.74) is 4.30. The highest BCUT2D eigenvalue weighted by Crippen LogP contribution is 2.29. The van der Waals surface area contributed by atoms with Gasteiger partial charge in [-0.05, 0) is 49.4 Å². The van der Waals surface area contributed by atoms with E-state index in [-0.39, 0.29) is 0 Å². The van der Waals surface area contributed by atoms with Gasteiger partial charge in [0.1, 0.15) is 0 Å². The molecule has 2 aromatic carbocycles. The third kappa shape index (κ3) is 4.92. The van der Waals surface area contributed by atoms with Crippen LogP contribution in [-0.4, -0.2) is 21.7 Å². The second kappa shape index (κ2) is 8.63. The molecule has 0 bridgehead atoms. The van der Waals surface area contributed by atoms with Gasteiger partial charge in [-0.1, -0.05) is 48.0 Å². The number of rotatable bonds is 7. The van der Waals surface area contributed by atoms with E-state index in [2.05, 4.69) is 56.1 Å². The van der Waals surface area contributed by atoms with Gasteiger partial charge in [0.25, 0.3) is 0 Å². The Morgan fingerprint density at radius 3 is 2.65 bits per heavy atom. The third-order valence-electron chi connectivity index (χ3n) is 4.02. The Labute approximate surface area is 158 Å². The molecule has 2 N–H and O–H groups in total. The van der Waals surface area contributed by atoms with Crippen LogP contribution in [0.15, 0.2) is 48.7 Å². The van der Waals surface area contributed by atoms with Gasteiger partial charge in [0.2, 0.25) is 5.95 Å². The summed E-state index contributed by atoms with van der Waals surface area (Å²) in [4.78, 5) is 4.46. The van der Waals surface area contributed by atoms with Crippen molar-refractivity contribution in [2.45, 2.75) is 26.7 Å². The van der Waals surface area contributed by atoms with E-state index in [1.54, 1.807) is 6.20 Å². The maximum Gasteiger partial charge on any atom is 0.249 e. The van der Waals surface area contributed by atoms with Crippen molar-refractivity contribution in [1.29, 1.82) is 0 Å². The molecular formula is C20H22ClN5. The van der Waals surface area contributed by atoms with Gasteiger partial charge in [0.05, 0.1) is 16.9 Å². The summed E-state index contributed by atoms with van der Waals surface area (Å²) in [6.45, 7) is 4.83. The van der Waals surface area contributed by atoms with Gasteiger partial charge in [-0.3, -0.25) is 0 Å². The number of nitrogens with zero attached hydrogens (tertiary/aromatic N) is 3. The number of benzene rings is 2. The smallest absolute Gasteiger partial charge is 0.249 e. The van der Waals surface area contributed by atoms with E-state index in [4.69, 9.17) is 11.6 Å². The number of anilines is 3. The monoisotopic (exact) mass is 367 g/mol. The van der Waals surface area contributed by atoms with E-state index in [0.29, 0.717) is 16.8 Å². The van der Waals surface area contributed by atoms with Gasteiger partial charge in [0.15, 0.2) is 5.82 Å². The Bertz CT molecular complexity index is 844. The highest BCUT2D eigenvalue weighted by molar-refractivity contribution is 6.33. The molecule has 6 heteroatoms. The van der Waals surface area contributed by atoms with Gasteiger partial charge in [0, 0.05) is 6.54 Å².